The van der Waals surface area contributed by atoms with Gasteiger partial charge in [0.1, 0.15) is 0 Å². The Morgan fingerprint density at radius 3 is 2.61 bits per heavy atom. The number of rotatable bonds is 4. The minimum Gasteiger partial charge on any atom is -0.504 e. The Morgan fingerprint density at radius 1 is 1.09 bits per heavy atom. The molecule has 0 amide bonds. The van der Waals surface area contributed by atoms with Crippen LogP contribution in [0.25, 0.3) is 0 Å². The van der Waals surface area contributed by atoms with Gasteiger partial charge in [0.05, 0.1) is 0 Å². The zero-order valence-electron chi connectivity index (χ0n) is 13.4. The first-order valence-electron chi connectivity index (χ1n) is 8.01. The molecule has 0 fully saturated rings. The summed E-state index contributed by atoms with van der Waals surface area (Å²) in [6, 6.07) is 14.2. The monoisotopic (exact) mass is 333 g/mol. The standard InChI is InChI=1S/C19H23NO2.ClH/c1-2-10-20-11-9-15-5-3-4-6-16(15)17(20)12-14-7-8-18(21)19(22)13-14;/h3-8,13,17,21-22H,2,9-12H2,1H3;1H. The first kappa shape index (κ1) is 17.6. The highest BCUT2D eigenvalue weighted by Crippen LogP contribution is 2.34. The molecule has 1 aliphatic heterocycles. The number of hydrogen-bond donors (Lipinski definition) is 2. The van der Waals surface area contributed by atoms with Gasteiger partial charge in [-0.05, 0) is 54.6 Å². The van der Waals surface area contributed by atoms with Crippen LogP contribution in [-0.4, -0.2) is 28.2 Å². The molecule has 1 heterocycles. The highest BCUT2D eigenvalue weighted by Gasteiger charge is 2.26. The molecular formula is C19H24ClNO2. The van der Waals surface area contributed by atoms with Crippen molar-refractivity contribution in [1.82, 2.24) is 4.90 Å². The van der Waals surface area contributed by atoms with E-state index < -0.39 is 0 Å². The molecule has 124 valence electrons. The number of phenols is 2. The van der Waals surface area contributed by atoms with E-state index in [1.807, 2.05) is 6.07 Å². The van der Waals surface area contributed by atoms with Crippen molar-refractivity contribution < 1.29 is 10.2 Å². The van der Waals surface area contributed by atoms with Crippen LogP contribution in [0.1, 0.15) is 36.1 Å². The molecule has 0 spiro atoms. The predicted octanol–water partition coefficient (Wildman–Crippen LogP) is 4.07. The lowest BCUT2D eigenvalue weighted by atomic mass is 9.88. The second kappa shape index (κ2) is 7.71. The van der Waals surface area contributed by atoms with Gasteiger partial charge in [0, 0.05) is 12.6 Å². The molecule has 2 aromatic rings. The van der Waals surface area contributed by atoms with Crippen molar-refractivity contribution in [3.05, 3.63) is 59.2 Å². The van der Waals surface area contributed by atoms with Crippen LogP contribution in [-0.2, 0) is 12.8 Å². The quantitative estimate of drug-likeness (QED) is 0.829. The van der Waals surface area contributed by atoms with E-state index in [9.17, 15) is 10.2 Å². The lowest BCUT2D eigenvalue weighted by Gasteiger charge is -2.37. The summed E-state index contributed by atoms with van der Waals surface area (Å²) in [5, 5.41) is 19.2. The summed E-state index contributed by atoms with van der Waals surface area (Å²) >= 11 is 0. The van der Waals surface area contributed by atoms with E-state index in [1.165, 1.54) is 11.1 Å². The third-order valence-electron chi connectivity index (χ3n) is 4.50. The molecule has 2 aromatic carbocycles. The topological polar surface area (TPSA) is 43.7 Å². The van der Waals surface area contributed by atoms with E-state index >= 15 is 0 Å². The Morgan fingerprint density at radius 2 is 1.87 bits per heavy atom. The summed E-state index contributed by atoms with van der Waals surface area (Å²) in [6.07, 6.45) is 3.10. The van der Waals surface area contributed by atoms with E-state index in [0.29, 0.717) is 6.04 Å². The molecule has 2 N–H and O–H groups in total. The maximum absolute atomic E-state index is 9.73. The maximum atomic E-state index is 9.73. The molecule has 3 rings (SSSR count). The summed E-state index contributed by atoms with van der Waals surface area (Å²) in [5.74, 6) is -0.0955. The van der Waals surface area contributed by atoms with Crippen LogP contribution < -0.4 is 0 Å². The Labute approximate surface area is 144 Å². The first-order chi connectivity index (χ1) is 10.7. The van der Waals surface area contributed by atoms with Crippen LogP contribution >= 0.6 is 12.4 Å². The zero-order valence-corrected chi connectivity index (χ0v) is 14.2. The molecule has 1 unspecified atom stereocenters. The van der Waals surface area contributed by atoms with Gasteiger partial charge in [-0.3, -0.25) is 4.90 Å². The van der Waals surface area contributed by atoms with Gasteiger partial charge in [-0.1, -0.05) is 37.3 Å². The Hall–Kier alpha value is -1.71. The first-order valence-corrected chi connectivity index (χ1v) is 8.01. The van der Waals surface area contributed by atoms with Crippen LogP contribution in [0.2, 0.25) is 0 Å². The second-order valence-corrected chi connectivity index (χ2v) is 6.03. The van der Waals surface area contributed by atoms with Gasteiger partial charge in [0.15, 0.2) is 11.5 Å². The number of phenolic OH excluding ortho intramolecular Hbond substituents is 2. The van der Waals surface area contributed by atoms with Crippen LogP contribution in [0.15, 0.2) is 42.5 Å². The zero-order chi connectivity index (χ0) is 15.5. The van der Waals surface area contributed by atoms with Crippen molar-refractivity contribution >= 4 is 12.4 Å². The molecule has 0 saturated carbocycles. The Bertz CT molecular complexity index is 660. The fraction of sp³-hybridized carbons (Fsp3) is 0.368. The van der Waals surface area contributed by atoms with Gasteiger partial charge in [-0.2, -0.15) is 0 Å². The number of benzene rings is 2. The summed E-state index contributed by atoms with van der Waals surface area (Å²) in [4.78, 5) is 2.53. The van der Waals surface area contributed by atoms with Crippen LogP contribution in [0.4, 0.5) is 0 Å². The lowest BCUT2D eigenvalue weighted by molar-refractivity contribution is 0.184. The van der Waals surface area contributed by atoms with Gasteiger partial charge < -0.3 is 10.2 Å². The summed E-state index contributed by atoms with van der Waals surface area (Å²) in [7, 11) is 0. The third-order valence-corrected chi connectivity index (χ3v) is 4.50. The average molecular weight is 334 g/mol. The number of fused-ring (bicyclic) bond motifs is 1. The highest BCUT2D eigenvalue weighted by atomic mass is 35.5. The molecule has 0 bridgehead atoms. The van der Waals surface area contributed by atoms with Gasteiger partial charge in [-0.25, -0.2) is 0 Å². The van der Waals surface area contributed by atoms with E-state index in [0.717, 1.165) is 37.9 Å². The van der Waals surface area contributed by atoms with Crippen molar-refractivity contribution in [2.75, 3.05) is 13.1 Å². The number of aromatic hydroxyl groups is 2. The largest absolute Gasteiger partial charge is 0.504 e. The SMILES string of the molecule is CCCN1CCc2ccccc2C1Cc1ccc(O)c(O)c1.Cl. The van der Waals surface area contributed by atoms with Crippen molar-refractivity contribution in [1.29, 1.82) is 0 Å². The molecular weight excluding hydrogens is 310 g/mol. The number of hydrogen-bond acceptors (Lipinski definition) is 3. The van der Waals surface area contributed by atoms with Crippen LogP contribution in [0, 0.1) is 0 Å². The Balaban J connectivity index is 0.00000192. The summed E-state index contributed by atoms with van der Waals surface area (Å²) < 4.78 is 0. The molecule has 0 radical (unpaired) electrons. The van der Waals surface area contributed by atoms with Crippen molar-refractivity contribution in [3.8, 4) is 11.5 Å². The van der Waals surface area contributed by atoms with E-state index in [4.69, 9.17) is 0 Å². The molecule has 4 heteroatoms. The van der Waals surface area contributed by atoms with Crippen LogP contribution in [0.3, 0.4) is 0 Å². The lowest BCUT2D eigenvalue weighted by Crippen LogP contribution is -2.37. The molecule has 1 aliphatic rings. The van der Waals surface area contributed by atoms with E-state index in [-0.39, 0.29) is 23.9 Å². The molecule has 0 aromatic heterocycles. The molecule has 3 nitrogen and oxygen atoms in total. The Kier molecular flexibility index (Phi) is 5.91. The van der Waals surface area contributed by atoms with Gasteiger partial charge >= 0.3 is 0 Å². The summed E-state index contributed by atoms with van der Waals surface area (Å²) in [5.41, 5.74) is 3.88. The second-order valence-electron chi connectivity index (χ2n) is 6.03. The fourth-order valence-electron chi connectivity index (χ4n) is 3.42. The van der Waals surface area contributed by atoms with E-state index in [2.05, 4.69) is 36.1 Å². The average Bonchev–Trinajstić information content (AvgIpc) is 2.53. The van der Waals surface area contributed by atoms with Crippen LogP contribution in [0.5, 0.6) is 11.5 Å². The number of nitrogens with zero attached hydrogens (tertiary/aromatic N) is 1. The normalized spacial score (nSPS) is 17.3. The summed E-state index contributed by atoms with van der Waals surface area (Å²) in [6.45, 7) is 4.38. The van der Waals surface area contributed by atoms with Crippen molar-refractivity contribution in [3.63, 3.8) is 0 Å². The van der Waals surface area contributed by atoms with Crippen molar-refractivity contribution in [2.45, 2.75) is 32.2 Å². The van der Waals surface area contributed by atoms with Crippen molar-refractivity contribution in [2.24, 2.45) is 0 Å². The predicted molar refractivity (Wildman–Crippen MR) is 95.5 cm³/mol. The number of halogens is 1. The molecule has 0 saturated heterocycles. The van der Waals surface area contributed by atoms with Gasteiger partial charge in [0.2, 0.25) is 0 Å². The fourth-order valence-corrected chi connectivity index (χ4v) is 3.42. The minimum atomic E-state index is -0.0572. The smallest absolute Gasteiger partial charge is 0.157 e. The maximum Gasteiger partial charge on any atom is 0.157 e. The van der Waals surface area contributed by atoms with Gasteiger partial charge in [-0.15, -0.1) is 12.4 Å². The van der Waals surface area contributed by atoms with Gasteiger partial charge in [0.25, 0.3) is 0 Å². The molecule has 1 atom stereocenters. The third kappa shape index (κ3) is 3.80. The van der Waals surface area contributed by atoms with E-state index in [1.54, 1.807) is 12.1 Å². The molecule has 23 heavy (non-hydrogen) atoms. The highest BCUT2D eigenvalue weighted by molar-refractivity contribution is 5.85. The minimum absolute atomic E-state index is 0. The molecule has 0 aliphatic carbocycles.